The molecule has 0 aromatic heterocycles. The van der Waals surface area contributed by atoms with Gasteiger partial charge in [0, 0.05) is 0 Å². The second-order valence-electron chi connectivity index (χ2n) is 5.62. The van der Waals surface area contributed by atoms with E-state index in [-0.39, 0.29) is 5.75 Å². The minimum absolute atomic E-state index is 0.153. The van der Waals surface area contributed by atoms with Crippen LogP contribution in [0.4, 0.5) is 0 Å². The van der Waals surface area contributed by atoms with Gasteiger partial charge in [-0.3, -0.25) is 0 Å². The van der Waals surface area contributed by atoms with Crippen molar-refractivity contribution in [2.45, 2.75) is 77.9 Å². The summed E-state index contributed by atoms with van der Waals surface area (Å²) in [5.41, 5.74) is 0. The summed E-state index contributed by atoms with van der Waals surface area (Å²) >= 11 is 0. The Morgan fingerprint density at radius 2 is 1.44 bits per heavy atom. The largest absolute Gasteiger partial charge is 0.315 e. The first kappa shape index (κ1) is 18.1. The van der Waals surface area contributed by atoms with Gasteiger partial charge in [-0.25, -0.2) is 8.42 Å². The second-order valence-corrected chi connectivity index (χ2v) is 11.8. The molecule has 0 fully saturated rings. The molecule has 0 bridgehead atoms. The first-order valence-corrected chi connectivity index (χ1v) is 12.0. The van der Waals surface area contributed by atoms with E-state index in [1.54, 1.807) is 0 Å². The molecule has 0 spiro atoms. The van der Waals surface area contributed by atoms with Gasteiger partial charge >= 0.3 is 0 Å². The molecule has 110 valence electrons. The second kappa shape index (κ2) is 9.10. The fourth-order valence-electron chi connectivity index (χ4n) is 2.01. The third-order valence-corrected chi connectivity index (χ3v) is 8.23. The standard InChI is InChI=1S/C13H30O3SSi/c1-5-7-8-9-10-11-13-18(3,4)16-17(14,15)12-6-2/h5-13H2,1-4H3. The zero-order valence-electron chi connectivity index (χ0n) is 12.5. The zero-order chi connectivity index (χ0) is 14.1. The Labute approximate surface area is 115 Å². The van der Waals surface area contributed by atoms with Crippen LogP contribution >= 0.6 is 0 Å². The van der Waals surface area contributed by atoms with E-state index in [2.05, 4.69) is 6.92 Å². The van der Waals surface area contributed by atoms with Gasteiger partial charge in [-0.1, -0.05) is 52.4 Å². The van der Waals surface area contributed by atoms with Crippen LogP contribution in [0.2, 0.25) is 19.1 Å². The van der Waals surface area contributed by atoms with Crippen LogP contribution in [0.5, 0.6) is 0 Å². The Balaban J connectivity index is 3.86. The van der Waals surface area contributed by atoms with Crippen LogP contribution in [0.3, 0.4) is 0 Å². The van der Waals surface area contributed by atoms with Crippen molar-refractivity contribution in [2.75, 3.05) is 5.75 Å². The molecular weight excluding hydrogens is 264 g/mol. The summed E-state index contributed by atoms with van der Waals surface area (Å²) in [6.45, 7) is 8.09. The predicted octanol–water partition coefficient (Wildman–Crippen LogP) is 4.31. The molecule has 0 heterocycles. The molecule has 0 N–H and O–H groups in total. The highest BCUT2D eigenvalue weighted by Crippen LogP contribution is 2.20. The molecule has 0 unspecified atom stereocenters. The van der Waals surface area contributed by atoms with Crippen molar-refractivity contribution in [2.24, 2.45) is 0 Å². The highest BCUT2D eigenvalue weighted by Gasteiger charge is 2.28. The van der Waals surface area contributed by atoms with Crippen LogP contribution < -0.4 is 0 Å². The van der Waals surface area contributed by atoms with Gasteiger partial charge < -0.3 is 3.87 Å². The quantitative estimate of drug-likeness (QED) is 0.421. The van der Waals surface area contributed by atoms with Crippen molar-refractivity contribution >= 4 is 18.4 Å². The van der Waals surface area contributed by atoms with Gasteiger partial charge in [0.2, 0.25) is 8.32 Å². The van der Waals surface area contributed by atoms with Crippen LogP contribution in [0, 0.1) is 0 Å². The van der Waals surface area contributed by atoms with E-state index in [9.17, 15) is 8.42 Å². The number of unbranched alkanes of at least 4 members (excludes halogenated alkanes) is 5. The first-order chi connectivity index (χ1) is 8.33. The smallest absolute Gasteiger partial charge is 0.257 e. The van der Waals surface area contributed by atoms with Gasteiger partial charge in [-0.05, 0) is 25.6 Å². The Bertz CT molecular complexity index is 299. The normalized spacial score (nSPS) is 12.9. The van der Waals surface area contributed by atoms with E-state index in [1.807, 2.05) is 20.0 Å². The Hall–Kier alpha value is 0.127. The third-order valence-electron chi connectivity index (χ3n) is 2.94. The molecule has 0 aromatic carbocycles. The lowest BCUT2D eigenvalue weighted by molar-refractivity contribution is 0.477. The molecule has 0 radical (unpaired) electrons. The molecule has 5 heteroatoms. The maximum Gasteiger partial charge on any atom is 0.257 e. The molecule has 0 amide bonds. The summed E-state index contributed by atoms with van der Waals surface area (Å²) in [5, 5.41) is 0. The molecule has 3 nitrogen and oxygen atoms in total. The Kier molecular flexibility index (Phi) is 9.16. The highest BCUT2D eigenvalue weighted by molar-refractivity contribution is 7.87. The molecule has 0 aliphatic carbocycles. The van der Waals surface area contributed by atoms with Crippen molar-refractivity contribution < 1.29 is 12.3 Å². The summed E-state index contributed by atoms with van der Waals surface area (Å²) in [5.74, 6) is 0.153. The van der Waals surface area contributed by atoms with Gasteiger partial charge in [0.25, 0.3) is 10.1 Å². The van der Waals surface area contributed by atoms with E-state index in [0.717, 1.165) is 12.5 Å². The topological polar surface area (TPSA) is 43.4 Å². The fourth-order valence-corrected chi connectivity index (χ4v) is 7.03. The SMILES string of the molecule is CCCCCCCC[Si](C)(C)OS(=O)(=O)CCC. The minimum Gasteiger partial charge on any atom is -0.315 e. The first-order valence-electron chi connectivity index (χ1n) is 7.26. The Morgan fingerprint density at radius 3 is 2.00 bits per heavy atom. The maximum atomic E-state index is 11.6. The molecule has 0 aliphatic heterocycles. The highest BCUT2D eigenvalue weighted by atomic mass is 32.2. The van der Waals surface area contributed by atoms with Crippen molar-refractivity contribution in [3.63, 3.8) is 0 Å². The monoisotopic (exact) mass is 294 g/mol. The fraction of sp³-hybridized carbons (Fsp3) is 1.00. The van der Waals surface area contributed by atoms with Crippen LogP contribution in [0.25, 0.3) is 0 Å². The summed E-state index contributed by atoms with van der Waals surface area (Å²) in [6.07, 6.45) is 8.07. The van der Waals surface area contributed by atoms with Gasteiger partial charge in [0.1, 0.15) is 0 Å². The molecular formula is C13H30O3SSi. The summed E-state index contributed by atoms with van der Waals surface area (Å²) in [4.78, 5) is 0. The van der Waals surface area contributed by atoms with Gasteiger partial charge in [0.05, 0.1) is 5.75 Å². The molecule has 0 rings (SSSR count). The molecule has 0 saturated carbocycles. The molecule has 0 aliphatic rings. The molecule has 18 heavy (non-hydrogen) atoms. The van der Waals surface area contributed by atoms with E-state index in [1.165, 1.54) is 32.1 Å². The van der Waals surface area contributed by atoms with Crippen LogP contribution in [-0.4, -0.2) is 22.5 Å². The molecule has 0 atom stereocenters. The molecule has 0 aromatic rings. The molecule has 0 saturated heterocycles. The Morgan fingerprint density at radius 1 is 0.889 bits per heavy atom. The van der Waals surface area contributed by atoms with E-state index in [0.29, 0.717) is 6.42 Å². The van der Waals surface area contributed by atoms with Gasteiger partial charge in [0.15, 0.2) is 0 Å². The van der Waals surface area contributed by atoms with Crippen molar-refractivity contribution in [3.8, 4) is 0 Å². The maximum absolute atomic E-state index is 11.6. The predicted molar refractivity (Wildman–Crippen MR) is 80.8 cm³/mol. The number of hydrogen-bond donors (Lipinski definition) is 0. The lowest BCUT2D eigenvalue weighted by atomic mass is 10.1. The van der Waals surface area contributed by atoms with E-state index < -0.39 is 18.4 Å². The summed E-state index contributed by atoms with van der Waals surface area (Å²) in [7, 11) is -5.31. The number of rotatable bonds is 11. The zero-order valence-corrected chi connectivity index (χ0v) is 14.3. The lowest BCUT2D eigenvalue weighted by Gasteiger charge is -2.21. The average Bonchev–Trinajstić information content (AvgIpc) is 2.21. The minimum atomic E-state index is -3.28. The summed E-state index contributed by atoms with van der Waals surface area (Å²) in [6, 6.07) is 0.946. The van der Waals surface area contributed by atoms with E-state index in [4.69, 9.17) is 3.87 Å². The summed E-state index contributed by atoms with van der Waals surface area (Å²) < 4.78 is 28.7. The lowest BCUT2D eigenvalue weighted by Crippen LogP contribution is -2.34. The van der Waals surface area contributed by atoms with Gasteiger partial charge in [-0.2, -0.15) is 0 Å². The van der Waals surface area contributed by atoms with Crippen molar-refractivity contribution in [3.05, 3.63) is 0 Å². The van der Waals surface area contributed by atoms with Crippen molar-refractivity contribution in [1.29, 1.82) is 0 Å². The third kappa shape index (κ3) is 10.1. The number of hydrogen-bond acceptors (Lipinski definition) is 3. The van der Waals surface area contributed by atoms with E-state index >= 15 is 0 Å². The van der Waals surface area contributed by atoms with Crippen LogP contribution in [0.1, 0.15) is 58.8 Å². The van der Waals surface area contributed by atoms with Gasteiger partial charge in [-0.15, -0.1) is 0 Å². The van der Waals surface area contributed by atoms with Crippen LogP contribution in [0.15, 0.2) is 0 Å². The van der Waals surface area contributed by atoms with Crippen molar-refractivity contribution in [1.82, 2.24) is 0 Å². The van der Waals surface area contributed by atoms with Crippen LogP contribution in [-0.2, 0) is 14.0 Å². The average molecular weight is 295 g/mol.